The fourth-order valence-electron chi connectivity index (χ4n) is 0.701. The molecule has 0 fully saturated rings. The lowest BCUT2D eigenvalue weighted by atomic mass is 10.3. The molecule has 1 aromatic heterocycles. The number of hydrogen-bond acceptors (Lipinski definition) is 5. The van der Waals surface area contributed by atoms with E-state index in [2.05, 4.69) is 9.97 Å². The Kier molecular flexibility index (Phi) is 2.14. The van der Waals surface area contributed by atoms with Crippen LogP contribution in [0.2, 0.25) is 5.15 Å². The molecule has 0 saturated carbocycles. The number of nitrogen functional groups attached to an aromatic ring is 2. The smallest absolute Gasteiger partial charge is 0.181 e. The van der Waals surface area contributed by atoms with Crippen molar-refractivity contribution in [3.05, 3.63) is 10.8 Å². The van der Waals surface area contributed by atoms with Crippen LogP contribution in [0.5, 0.6) is 0 Å². The van der Waals surface area contributed by atoms with Crippen LogP contribution in [0.4, 0.5) is 11.6 Å². The van der Waals surface area contributed by atoms with Gasteiger partial charge in [0.05, 0.1) is 0 Å². The first-order valence-corrected chi connectivity index (χ1v) is 3.49. The molecular weight excluding hydrogens is 180 g/mol. The third-order valence-electron chi connectivity index (χ3n) is 1.24. The summed E-state index contributed by atoms with van der Waals surface area (Å²) in [5, 5.41) is -0.00519. The molecular formula is C6H7ClN4O. The van der Waals surface area contributed by atoms with Crippen molar-refractivity contribution >= 4 is 29.0 Å². The van der Waals surface area contributed by atoms with Crippen LogP contribution in [-0.2, 0) is 0 Å². The molecule has 0 aliphatic rings. The van der Waals surface area contributed by atoms with Crippen molar-refractivity contribution in [1.29, 1.82) is 0 Å². The fraction of sp³-hybridized carbons (Fsp3) is 0.167. The molecule has 0 amide bonds. The van der Waals surface area contributed by atoms with Crippen LogP contribution in [0.15, 0.2) is 0 Å². The molecule has 0 atom stereocenters. The summed E-state index contributed by atoms with van der Waals surface area (Å²) < 4.78 is 0. The molecule has 0 unspecified atom stereocenters. The van der Waals surface area contributed by atoms with Gasteiger partial charge in [-0.05, 0) is 0 Å². The average Bonchev–Trinajstić information content (AvgIpc) is 1.96. The fourth-order valence-corrected chi connectivity index (χ4v) is 0.827. The van der Waals surface area contributed by atoms with Gasteiger partial charge in [0.25, 0.3) is 0 Å². The van der Waals surface area contributed by atoms with Crippen LogP contribution in [-0.4, -0.2) is 15.8 Å². The van der Waals surface area contributed by atoms with E-state index in [1.807, 2.05) is 0 Å². The van der Waals surface area contributed by atoms with Crippen molar-refractivity contribution in [3.63, 3.8) is 0 Å². The maximum absolute atomic E-state index is 10.8. The van der Waals surface area contributed by atoms with E-state index >= 15 is 0 Å². The van der Waals surface area contributed by atoms with E-state index in [1.54, 1.807) is 0 Å². The topological polar surface area (TPSA) is 94.9 Å². The molecule has 0 spiro atoms. The third-order valence-corrected chi connectivity index (χ3v) is 1.52. The number of ketones is 1. The summed E-state index contributed by atoms with van der Waals surface area (Å²) in [4.78, 5) is 18.2. The van der Waals surface area contributed by atoms with E-state index in [-0.39, 0.29) is 28.3 Å². The molecule has 0 bridgehead atoms. The van der Waals surface area contributed by atoms with Crippen LogP contribution in [0.3, 0.4) is 0 Å². The third kappa shape index (κ3) is 1.45. The van der Waals surface area contributed by atoms with E-state index < -0.39 is 0 Å². The maximum Gasteiger partial charge on any atom is 0.181 e. The van der Waals surface area contributed by atoms with Crippen molar-refractivity contribution in [1.82, 2.24) is 9.97 Å². The Morgan fingerprint density at radius 1 is 1.33 bits per heavy atom. The zero-order valence-corrected chi connectivity index (χ0v) is 7.09. The minimum Gasteiger partial charge on any atom is -0.382 e. The summed E-state index contributed by atoms with van der Waals surface area (Å²) in [6.45, 7) is 1.33. The van der Waals surface area contributed by atoms with E-state index in [0.29, 0.717) is 0 Å². The minimum absolute atomic E-state index is 0.00407. The van der Waals surface area contributed by atoms with Crippen molar-refractivity contribution in [3.8, 4) is 0 Å². The van der Waals surface area contributed by atoms with E-state index in [1.165, 1.54) is 6.92 Å². The summed E-state index contributed by atoms with van der Waals surface area (Å²) in [7, 11) is 0. The highest BCUT2D eigenvalue weighted by Crippen LogP contribution is 2.17. The quantitative estimate of drug-likeness (QED) is 0.623. The zero-order valence-electron chi connectivity index (χ0n) is 6.34. The number of rotatable bonds is 1. The van der Waals surface area contributed by atoms with Gasteiger partial charge in [-0.15, -0.1) is 0 Å². The largest absolute Gasteiger partial charge is 0.382 e. The molecule has 4 N–H and O–H groups in total. The molecule has 0 aliphatic carbocycles. The van der Waals surface area contributed by atoms with Gasteiger partial charge < -0.3 is 11.5 Å². The number of hydrogen-bond donors (Lipinski definition) is 2. The van der Waals surface area contributed by atoms with Gasteiger partial charge in [-0.3, -0.25) is 4.79 Å². The van der Waals surface area contributed by atoms with Crippen LogP contribution in [0.1, 0.15) is 17.4 Å². The van der Waals surface area contributed by atoms with E-state index in [4.69, 9.17) is 23.1 Å². The highest BCUT2D eigenvalue weighted by molar-refractivity contribution is 6.31. The Morgan fingerprint density at radius 3 is 2.42 bits per heavy atom. The molecule has 5 nitrogen and oxygen atoms in total. The summed E-state index contributed by atoms with van der Waals surface area (Å²) >= 11 is 5.52. The average molecular weight is 187 g/mol. The zero-order chi connectivity index (χ0) is 9.30. The van der Waals surface area contributed by atoms with Crippen molar-refractivity contribution < 1.29 is 4.79 Å². The molecule has 1 aromatic rings. The van der Waals surface area contributed by atoms with Crippen LogP contribution >= 0.6 is 11.6 Å². The first-order valence-electron chi connectivity index (χ1n) is 3.11. The molecule has 1 rings (SSSR count). The summed E-state index contributed by atoms with van der Waals surface area (Å²) in [5.74, 6) is -0.259. The highest BCUT2D eigenvalue weighted by atomic mass is 35.5. The molecule has 0 aromatic carbocycles. The van der Waals surface area contributed by atoms with E-state index in [9.17, 15) is 4.79 Å². The van der Waals surface area contributed by atoms with Crippen molar-refractivity contribution in [2.24, 2.45) is 0 Å². The summed E-state index contributed by atoms with van der Waals surface area (Å²) in [6, 6.07) is 0. The molecule has 1 heterocycles. The molecule has 64 valence electrons. The molecule has 0 aliphatic heterocycles. The number of carbonyl (C=O) groups excluding carboxylic acids is 1. The van der Waals surface area contributed by atoms with Gasteiger partial charge in [-0.1, -0.05) is 11.6 Å². The molecule has 6 heteroatoms. The van der Waals surface area contributed by atoms with Gasteiger partial charge in [-0.25, -0.2) is 9.97 Å². The van der Waals surface area contributed by atoms with Gasteiger partial charge in [0.15, 0.2) is 22.6 Å². The second-order valence-corrected chi connectivity index (χ2v) is 2.55. The minimum atomic E-state index is -0.290. The molecule has 0 radical (unpaired) electrons. The highest BCUT2D eigenvalue weighted by Gasteiger charge is 2.11. The predicted molar refractivity (Wildman–Crippen MR) is 45.9 cm³/mol. The number of aromatic nitrogens is 2. The summed E-state index contributed by atoms with van der Waals surface area (Å²) in [6.07, 6.45) is 0. The Bertz CT molecular complexity index is 339. The number of carbonyl (C=O) groups is 1. The Morgan fingerprint density at radius 2 is 1.92 bits per heavy atom. The first-order chi connectivity index (χ1) is 5.52. The second-order valence-electron chi connectivity index (χ2n) is 2.19. The monoisotopic (exact) mass is 186 g/mol. The van der Waals surface area contributed by atoms with Crippen LogP contribution in [0, 0.1) is 0 Å². The number of anilines is 2. The number of Topliss-reactive ketones (excluding diaryl/α,β-unsaturated/α-hetero) is 1. The van der Waals surface area contributed by atoms with Gasteiger partial charge in [0, 0.05) is 6.92 Å². The Hall–Kier alpha value is -1.36. The SMILES string of the molecule is CC(=O)c1nc(Cl)c(N)nc1N. The van der Waals surface area contributed by atoms with Crippen molar-refractivity contribution in [2.75, 3.05) is 11.5 Å². The number of halogens is 1. The second kappa shape index (κ2) is 2.94. The van der Waals surface area contributed by atoms with Gasteiger partial charge in [0.2, 0.25) is 0 Å². The van der Waals surface area contributed by atoms with Crippen molar-refractivity contribution in [2.45, 2.75) is 6.92 Å². The predicted octanol–water partition coefficient (Wildman–Crippen LogP) is 0.497. The number of nitrogens with zero attached hydrogens (tertiary/aromatic N) is 2. The first kappa shape index (κ1) is 8.73. The van der Waals surface area contributed by atoms with E-state index in [0.717, 1.165) is 0 Å². The molecule has 12 heavy (non-hydrogen) atoms. The lowest BCUT2D eigenvalue weighted by Gasteiger charge is -2.01. The van der Waals surface area contributed by atoms with Gasteiger partial charge >= 0.3 is 0 Å². The van der Waals surface area contributed by atoms with Crippen LogP contribution < -0.4 is 11.5 Å². The standard InChI is InChI=1S/C6H7ClN4O/c1-2(12)3-5(8)11-6(9)4(7)10-3/h1H3,(H4,8,9,11). The lowest BCUT2D eigenvalue weighted by Crippen LogP contribution is -2.08. The normalized spacial score (nSPS) is 9.83. The maximum atomic E-state index is 10.8. The summed E-state index contributed by atoms with van der Waals surface area (Å²) in [5.41, 5.74) is 10.7. The Labute approximate surface area is 73.7 Å². The van der Waals surface area contributed by atoms with Crippen LogP contribution in [0.25, 0.3) is 0 Å². The molecule has 0 saturated heterocycles. The number of nitrogens with two attached hydrogens (primary N) is 2. The van der Waals surface area contributed by atoms with Gasteiger partial charge in [-0.2, -0.15) is 0 Å². The lowest BCUT2D eigenvalue weighted by molar-refractivity contribution is 0.101. The van der Waals surface area contributed by atoms with Gasteiger partial charge in [0.1, 0.15) is 5.69 Å². The Balaban J connectivity index is 3.33.